The maximum Gasteiger partial charge on any atom is 0.415 e. The molecule has 0 aromatic heterocycles. The second kappa shape index (κ2) is 4.81. The lowest BCUT2D eigenvalue weighted by Crippen LogP contribution is -2.62. The number of nitrogens with two attached hydrogens (primary N) is 1. The summed E-state index contributed by atoms with van der Waals surface area (Å²) in [6, 6.07) is 0. The van der Waals surface area contributed by atoms with E-state index in [4.69, 9.17) is 10.5 Å². The monoisotopic (exact) mass is 254 g/mol. The molecule has 1 aliphatic heterocycles. The van der Waals surface area contributed by atoms with Crippen molar-refractivity contribution >= 4 is 5.91 Å². The molecule has 100 valence electrons. The van der Waals surface area contributed by atoms with Gasteiger partial charge in [-0.2, -0.15) is 13.2 Å². The molecular formula is C10H17F3N2O2. The zero-order valence-corrected chi connectivity index (χ0v) is 9.88. The van der Waals surface area contributed by atoms with Gasteiger partial charge in [-0.15, -0.1) is 0 Å². The van der Waals surface area contributed by atoms with Crippen LogP contribution in [-0.2, 0) is 9.53 Å². The number of alkyl halides is 3. The first-order valence-electron chi connectivity index (χ1n) is 5.39. The molecule has 1 fully saturated rings. The van der Waals surface area contributed by atoms with Gasteiger partial charge in [-0.05, 0) is 19.8 Å². The Morgan fingerprint density at radius 1 is 1.53 bits per heavy atom. The van der Waals surface area contributed by atoms with Crippen molar-refractivity contribution in [2.45, 2.75) is 37.6 Å². The van der Waals surface area contributed by atoms with Crippen LogP contribution in [0, 0.1) is 0 Å². The third-order valence-electron chi connectivity index (χ3n) is 2.88. The first kappa shape index (κ1) is 14.2. The number of halogens is 3. The molecule has 1 rings (SSSR count). The van der Waals surface area contributed by atoms with Gasteiger partial charge in [0, 0.05) is 20.2 Å². The average molecular weight is 254 g/mol. The second-order valence-electron chi connectivity index (χ2n) is 4.52. The number of nitrogens with zero attached hydrogens (tertiary/aromatic N) is 1. The van der Waals surface area contributed by atoms with Crippen molar-refractivity contribution in [2.75, 3.05) is 20.2 Å². The lowest BCUT2D eigenvalue weighted by molar-refractivity contribution is -0.193. The highest BCUT2D eigenvalue weighted by atomic mass is 19.4. The summed E-state index contributed by atoms with van der Waals surface area (Å²) in [4.78, 5) is 12.6. The Kier molecular flexibility index (Phi) is 4.03. The van der Waals surface area contributed by atoms with Crippen molar-refractivity contribution in [3.8, 4) is 0 Å². The molecule has 1 saturated heterocycles. The number of carbonyl (C=O) groups excluding carboxylic acids is 1. The van der Waals surface area contributed by atoms with Crippen LogP contribution >= 0.6 is 0 Å². The van der Waals surface area contributed by atoms with Crippen LogP contribution in [0.25, 0.3) is 0 Å². The van der Waals surface area contributed by atoms with Gasteiger partial charge in [-0.1, -0.05) is 0 Å². The topological polar surface area (TPSA) is 55.6 Å². The Labute approximate surface area is 97.9 Å². The molecule has 0 aromatic rings. The molecule has 4 nitrogen and oxygen atoms in total. The lowest BCUT2D eigenvalue weighted by Gasteiger charge is -2.31. The third-order valence-corrected chi connectivity index (χ3v) is 2.88. The summed E-state index contributed by atoms with van der Waals surface area (Å²) in [7, 11) is 1.31. The van der Waals surface area contributed by atoms with Gasteiger partial charge in [-0.3, -0.25) is 4.79 Å². The number of amides is 1. The summed E-state index contributed by atoms with van der Waals surface area (Å²) in [5, 5.41) is 0. The summed E-state index contributed by atoms with van der Waals surface area (Å²) in [5.41, 5.74) is 2.21. The molecule has 0 aliphatic carbocycles. The van der Waals surface area contributed by atoms with E-state index in [1.165, 1.54) is 7.05 Å². The molecular weight excluding hydrogens is 237 g/mol. The van der Waals surface area contributed by atoms with Crippen LogP contribution in [0.2, 0.25) is 0 Å². The fourth-order valence-electron chi connectivity index (χ4n) is 1.69. The molecule has 17 heavy (non-hydrogen) atoms. The Bertz CT molecular complexity index is 286. The maximum absolute atomic E-state index is 12.6. The van der Waals surface area contributed by atoms with Crippen LogP contribution in [0.1, 0.15) is 19.8 Å². The van der Waals surface area contributed by atoms with Gasteiger partial charge in [-0.25, -0.2) is 0 Å². The van der Waals surface area contributed by atoms with Crippen molar-refractivity contribution in [3.05, 3.63) is 0 Å². The first-order valence-corrected chi connectivity index (χ1v) is 5.39. The largest absolute Gasteiger partial charge is 0.415 e. The summed E-state index contributed by atoms with van der Waals surface area (Å²) in [5.74, 6) is -1.14. The van der Waals surface area contributed by atoms with Crippen LogP contribution in [-0.4, -0.2) is 48.8 Å². The average Bonchev–Trinajstić information content (AvgIpc) is 2.67. The Morgan fingerprint density at radius 2 is 2.12 bits per heavy atom. The Hall–Kier alpha value is -0.820. The number of carbonyl (C=O) groups is 1. The minimum atomic E-state index is -4.76. The molecule has 2 atom stereocenters. The van der Waals surface area contributed by atoms with Gasteiger partial charge < -0.3 is 15.4 Å². The summed E-state index contributed by atoms with van der Waals surface area (Å²) in [6.45, 7) is 1.41. The van der Waals surface area contributed by atoms with E-state index < -0.39 is 17.6 Å². The minimum Gasteiger partial charge on any atom is -0.376 e. The van der Waals surface area contributed by atoms with Gasteiger partial charge in [0.15, 0.2) is 5.54 Å². The van der Waals surface area contributed by atoms with Crippen molar-refractivity contribution in [1.29, 1.82) is 0 Å². The molecule has 0 bridgehead atoms. The van der Waals surface area contributed by atoms with E-state index in [0.717, 1.165) is 17.7 Å². The maximum atomic E-state index is 12.6. The van der Waals surface area contributed by atoms with Crippen LogP contribution in [0.5, 0.6) is 0 Å². The molecule has 0 spiro atoms. The second-order valence-corrected chi connectivity index (χ2v) is 4.52. The lowest BCUT2D eigenvalue weighted by atomic mass is 10.0. The SMILES string of the molecule is CN(CC1CCCO1)C(=O)C(C)(N)C(F)(F)F. The normalized spacial score (nSPS) is 24.5. The third kappa shape index (κ3) is 3.10. The van der Waals surface area contributed by atoms with Crippen molar-refractivity contribution in [3.63, 3.8) is 0 Å². The van der Waals surface area contributed by atoms with E-state index in [2.05, 4.69) is 0 Å². The quantitative estimate of drug-likeness (QED) is 0.814. The van der Waals surface area contributed by atoms with E-state index in [1.54, 1.807) is 0 Å². The molecule has 0 aromatic carbocycles. The number of likely N-dealkylation sites (N-methyl/N-ethyl adjacent to an activating group) is 1. The summed E-state index contributed by atoms with van der Waals surface area (Å²) >= 11 is 0. The van der Waals surface area contributed by atoms with Gasteiger partial charge >= 0.3 is 6.18 Å². The van der Waals surface area contributed by atoms with Gasteiger partial charge in [0.25, 0.3) is 5.91 Å². The summed E-state index contributed by atoms with van der Waals surface area (Å²) in [6.07, 6.45) is -3.32. The van der Waals surface area contributed by atoms with Crippen LogP contribution in [0.15, 0.2) is 0 Å². The van der Waals surface area contributed by atoms with Crippen LogP contribution in [0.4, 0.5) is 13.2 Å². The van der Waals surface area contributed by atoms with Gasteiger partial charge in [0.05, 0.1) is 6.10 Å². The zero-order chi connectivity index (χ0) is 13.3. The summed E-state index contributed by atoms with van der Waals surface area (Å²) < 4.78 is 42.9. The molecule has 1 amide bonds. The molecule has 7 heteroatoms. The number of hydrogen-bond donors (Lipinski definition) is 1. The molecule has 2 unspecified atom stereocenters. The van der Waals surface area contributed by atoms with E-state index in [1.807, 2.05) is 0 Å². The fourth-order valence-corrected chi connectivity index (χ4v) is 1.69. The highest BCUT2D eigenvalue weighted by Gasteiger charge is 2.55. The van der Waals surface area contributed by atoms with Crippen LogP contribution < -0.4 is 5.73 Å². The number of rotatable bonds is 3. The molecule has 2 N–H and O–H groups in total. The van der Waals surface area contributed by atoms with E-state index >= 15 is 0 Å². The first-order chi connectivity index (χ1) is 7.66. The van der Waals surface area contributed by atoms with Gasteiger partial charge in [0.2, 0.25) is 0 Å². The zero-order valence-electron chi connectivity index (χ0n) is 9.88. The standard InChI is InChI=1S/C10H17F3N2O2/c1-9(14,10(11,12)13)8(16)15(2)6-7-4-3-5-17-7/h7H,3-6,14H2,1-2H3. The van der Waals surface area contributed by atoms with Crippen molar-refractivity contribution < 1.29 is 22.7 Å². The van der Waals surface area contributed by atoms with Gasteiger partial charge in [0.1, 0.15) is 0 Å². The van der Waals surface area contributed by atoms with Crippen molar-refractivity contribution in [1.82, 2.24) is 4.90 Å². The molecule has 0 saturated carbocycles. The molecule has 1 heterocycles. The number of ether oxygens (including phenoxy) is 1. The van der Waals surface area contributed by atoms with E-state index in [9.17, 15) is 18.0 Å². The predicted octanol–water partition coefficient (Wildman–Crippen LogP) is 0.903. The van der Waals surface area contributed by atoms with Crippen molar-refractivity contribution in [2.24, 2.45) is 5.73 Å². The fraction of sp³-hybridized carbons (Fsp3) is 0.900. The molecule has 0 radical (unpaired) electrons. The van der Waals surface area contributed by atoms with E-state index in [0.29, 0.717) is 13.5 Å². The Balaban J connectivity index is 2.62. The highest BCUT2D eigenvalue weighted by Crippen LogP contribution is 2.29. The van der Waals surface area contributed by atoms with E-state index in [-0.39, 0.29) is 12.6 Å². The van der Waals surface area contributed by atoms with Crippen LogP contribution in [0.3, 0.4) is 0 Å². The molecule has 1 aliphatic rings. The number of hydrogen-bond acceptors (Lipinski definition) is 3. The highest BCUT2D eigenvalue weighted by molar-refractivity contribution is 5.86. The smallest absolute Gasteiger partial charge is 0.376 e. The predicted molar refractivity (Wildman–Crippen MR) is 55.3 cm³/mol. The minimum absolute atomic E-state index is 0.141. The Morgan fingerprint density at radius 3 is 2.53 bits per heavy atom.